The Hall–Kier alpha value is -1.71. The molecule has 1 amide bonds. The van der Waals surface area contributed by atoms with E-state index in [9.17, 15) is 9.18 Å². The standard InChI is InChI=1S/C13H17FN2O/c1-9(2)8-13(17)16-15-10(3)11-4-6-12(14)7-5-11/h4-7,9H,8H2,1-3H3,(H,16,17)/b15-10+. The lowest BCUT2D eigenvalue weighted by Gasteiger charge is -2.04. The molecule has 0 heterocycles. The van der Waals surface area contributed by atoms with E-state index in [1.54, 1.807) is 19.1 Å². The topological polar surface area (TPSA) is 41.5 Å². The molecule has 0 saturated heterocycles. The van der Waals surface area contributed by atoms with Crippen molar-refractivity contribution in [1.82, 2.24) is 5.43 Å². The van der Waals surface area contributed by atoms with Crippen LogP contribution in [0.25, 0.3) is 0 Å². The summed E-state index contributed by atoms with van der Waals surface area (Å²) in [6.07, 6.45) is 0.445. The third-order valence-electron chi connectivity index (χ3n) is 2.20. The number of hydrogen-bond donors (Lipinski definition) is 1. The molecule has 4 heteroatoms. The summed E-state index contributed by atoms with van der Waals surface area (Å²) in [5, 5.41) is 3.97. The van der Waals surface area contributed by atoms with Crippen LogP contribution in [0.3, 0.4) is 0 Å². The van der Waals surface area contributed by atoms with E-state index < -0.39 is 0 Å². The van der Waals surface area contributed by atoms with Crippen LogP contribution >= 0.6 is 0 Å². The molecule has 1 aromatic rings. The number of halogens is 1. The highest BCUT2D eigenvalue weighted by Crippen LogP contribution is 2.04. The van der Waals surface area contributed by atoms with Gasteiger partial charge < -0.3 is 0 Å². The molecule has 92 valence electrons. The summed E-state index contributed by atoms with van der Waals surface area (Å²) in [7, 11) is 0. The molecule has 0 spiro atoms. The molecule has 0 aliphatic heterocycles. The molecule has 3 nitrogen and oxygen atoms in total. The molecule has 0 aliphatic carbocycles. The summed E-state index contributed by atoms with van der Waals surface area (Å²) in [6, 6.07) is 5.99. The van der Waals surface area contributed by atoms with Crippen LogP contribution < -0.4 is 5.43 Å². The van der Waals surface area contributed by atoms with Gasteiger partial charge in [-0.1, -0.05) is 26.0 Å². The van der Waals surface area contributed by atoms with Gasteiger partial charge in [-0.05, 0) is 30.5 Å². The van der Waals surface area contributed by atoms with E-state index >= 15 is 0 Å². The van der Waals surface area contributed by atoms with Gasteiger partial charge in [0.1, 0.15) is 5.82 Å². The van der Waals surface area contributed by atoms with Crippen LogP contribution in [0.4, 0.5) is 4.39 Å². The summed E-state index contributed by atoms with van der Waals surface area (Å²) >= 11 is 0. The second kappa shape index (κ2) is 6.13. The fourth-order valence-electron chi connectivity index (χ4n) is 1.32. The normalized spacial score (nSPS) is 11.7. The number of amides is 1. The lowest BCUT2D eigenvalue weighted by molar-refractivity contribution is -0.121. The fourth-order valence-corrected chi connectivity index (χ4v) is 1.32. The third kappa shape index (κ3) is 4.76. The van der Waals surface area contributed by atoms with Crippen molar-refractivity contribution < 1.29 is 9.18 Å². The largest absolute Gasteiger partial charge is 0.273 e. The van der Waals surface area contributed by atoms with Gasteiger partial charge in [0.2, 0.25) is 5.91 Å². The average molecular weight is 236 g/mol. The number of nitrogens with zero attached hydrogens (tertiary/aromatic N) is 1. The molecule has 0 bridgehead atoms. The molecule has 0 fully saturated rings. The second-order valence-electron chi connectivity index (χ2n) is 4.34. The molecular weight excluding hydrogens is 219 g/mol. The monoisotopic (exact) mass is 236 g/mol. The van der Waals surface area contributed by atoms with Gasteiger partial charge in [0.15, 0.2) is 0 Å². The van der Waals surface area contributed by atoms with Crippen LogP contribution in [-0.2, 0) is 4.79 Å². The Labute approximate surface area is 101 Å². The number of hydrazone groups is 1. The van der Waals surface area contributed by atoms with Gasteiger partial charge in [0, 0.05) is 6.42 Å². The minimum atomic E-state index is -0.287. The van der Waals surface area contributed by atoms with Gasteiger partial charge in [-0.25, -0.2) is 9.82 Å². The van der Waals surface area contributed by atoms with Crippen LogP contribution in [0, 0.1) is 11.7 Å². The summed E-state index contributed by atoms with van der Waals surface area (Å²) in [6.45, 7) is 5.70. The molecular formula is C13H17FN2O. The van der Waals surface area contributed by atoms with Crippen LogP contribution in [0.15, 0.2) is 29.4 Å². The van der Waals surface area contributed by atoms with Crippen LogP contribution in [0.5, 0.6) is 0 Å². The van der Waals surface area contributed by atoms with Gasteiger partial charge in [-0.15, -0.1) is 0 Å². The molecule has 0 radical (unpaired) electrons. The molecule has 0 atom stereocenters. The molecule has 1 N–H and O–H groups in total. The van der Waals surface area contributed by atoms with E-state index in [4.69, 9.17) is 0 Å². The van der Waals surface area contributed by atoms with Crippen molar-refractivity contribution in [2.24, 2.45) is 11.0 Å². The van der Waals surface area contributed by atoms with Crippen LogP contribution in [0.2, 0.25) is 0 Å². The summed E-state index contributed by atoms with van der Waals surface area (Å²) < 4.78 is 12.7. The number of carbonyl (C=O) groups excluding carboxylic acids is 1. The van der Waals surface area contributed by atoms with E-state index in [0.717, 1.165) is 5.56 Å². The zero-order chi connectivity index (χ0) is 12.8. The van der Waals surface area contributed by atoms with Gasteiger partial charge >= 0.3 is 0 Å². The molecule has 0 aliphatic rings. The van der Waals surface area contributed by atoms with Gasteiger partial charge in [0.05, 0.1) is 5.71 Å². The fraction of sp³-hybridized carbons (Fsp3) is 0.385. The highest BCUT2D eigenvalue weighted by Gasteiger charge is 2.04. The summed E-state index contributed by atoms with van der Waals surface area (Å²) in [5.74, 6) is -0.0943. The minimum Gasteiger partial charge on any atom is -0.273 e. The Kier molecular flexibility index (Phi) is 4.82. The maximum atomic E-state index is 12.7. The second-order valence-corrected chi connectivity index (χ2v) is 4.34. The van der Waals surface area contributed by atoms with E-state index in [1.807, 2.05) is 13.8 Å². The lowest BCUT2D eigenvalue weighted by Crippen LogP contribution is -2.20. The molecule has 1 rings (SSSR count). The first kappa shape index (κ1) is 13.4. The van der Waals surface area contributed by atoms with E-state index in [0.29, 0.717) is 18.1 Å². The molecule has 1 aromatic carbocycles. The number of benzene rings is 1. The lowest BCUT2D eigenvalue weighted by atomic mass is 10.1. The number of nitrogens with one attached hydrogen (secondary N) is 1. The van der Waals surface area contributed by atoms with E-state index in [-0.39, 0.29) is 11.7 Å². The number of hydrogen-bond acceptors (Lipinski definition) is 2. The Balaban J connectivity index is 2.60. The third-order valence-corrected chi connectivity index (χ3v) is 2.20. The molecule has 0 aromatic heterocycles. The molecule has 17 heavy (non-hydrogen) atoms. The zero-order valence-corrected chi connectivity index (χ0v) is 10.3. The average Bonchev–Trinajstić information content (AvgIpc) is 2.26. The van der Waals surface area contributed by atoms with Gasteiger partial charge in [-0.2, -0.15) is 5.10 Å². The van der Waals surface area contributed by atoms with Crippen LogP contribution in [0.1, 0.15) is 32.8 Å². The van der Waals surface area contributed by atoms with Crippen molar-refractivity contribution >= 4 is 11.6 Å². The molecule has 0 saturated carbocycles. The minimum absolute atomic E-state index is 0.110. The molecule has 0 unspecified atom stereocenters. The van der Waals surface area contributed by atoms with Crippen molar-refractivity contribution in [3.8, 4) is 0 Å². The van der Waals surface area contributed by atoms with Gasteiger partial charge in [0.25, 0.3) is 0 Å². The maximum Gasteiger partial charge on any atom is 0.240 e. The number of carbonyl (C=O) groups is 1. The summed E-state index contributed by atoms with van der Waals surface area (Å²) in [4.78, 5) is 11.4. The quantitative estimate of drug-likeness (QED) is 0.633. The zero-order valence-electron chi connectivity index (χ0n) is 10.3. The maximum absolute atomic E-state index is 12.7. The van der Waals surface area contributed by atoms with Crippen molar-refractivity contribution in [3.05, 3.63) is 35.6 Å². The van der Waals surface area contributed by atoms with Crippen LogP contribution in [-0.4, -0.2) is 11.6 Å². The number of rotatable bonds is 4. The van der Waals surface area contributed by atoms with Gasteiger partial charge in [-0.3, -0.25) is 4.79 Å². The SMILES string of the molecule is C/C(=N\NC(=O)CC(C)C)c1ccc(F)cc1. The Morgan fingerprint density at radius 2 is 1.94 bits per heavy atom. The van der Waals surface area contributed by atoms with Crippen molar-refractivity contribution in [1.29, 1.82) is 0 Å². The van der Waals surface area contributed by atoms with Crippen molar-refractivity contribution in [3.63, 3.8) is 0 Å². The first-order chi connectivity index (χ1) is 7.99. The van der Waals surface area contributed by atoms with E-state index in [2.05, 4.69) is 10.5 Å². The smallest absolute Gasteiger partial charge is 0.240 e. The highest BCUT2D eigenvalue weighted by molar-refractivity contribution is 5.99. The Morgan fingerprint density at radius 1 is 1.35 bits per heavy atom. The first-order valence-electron chi connectivity index (χ1n) is 5.58. The summed E-state index contributed by atoms with van der Waals surface area (Å²) in [5.41, 5.74) is 3.93. The highest BCUT2D eigenvalue weighted by atomic mass is 19.1. The van der Waals surface area contributed by atoms with Crippen molar-refractivity contribution in [2.45, 2.75) is 27.2 Å². The Bertz CT molecular complexity index is 410. The van der Waals surface area contributed by atoms with E-state index in [1.165, 1.54) is 12.1 Å². The van der Waals surface area contributed by atoms with Crippen molar-refractivity contribution in [2.75, 3.05) is 0 Å². The Morgan fingerprint density at radius 3 is 2.47 bits per heavy atom. The predicted octanol–water partition coefficient (Wildman–Crippen LogP) is 2.71. The first-order valence-corrected chi connectivity index (χ1v) is 5.58. The predicted molar refractivity (Wildman–Crippen MR) is 66.2 cm³/mol.